The Morgan fingerprint density at radius 2 is 1.84 bits per heavy atom. The summed E-state index contributed by atoms with van der Waals surface area (Å²) in [5, 5.41) is 44.2. The van der Waals surface area contributed by atoms with Gasteiger partial charge in [-0.15, -0.1) is 11.3 Å². The topological polar surface area (TPSA) is 99.4 Å². The first-order chi connectivity index (χ1) is 15.3. The highest BCUT2D eigenvalue weighted by atomic mass is 32.1. The Kier molecular flexibility index (Phi) is 5.62. The Labute approximate surface area is 190 Å². The van der Waals surface area contributed by atoms with Crippen LogP contribution < -0.4 is 0 Å². The quantitative estimate of drug-likeness (QED) is 0.482. The molecule has 170 valence electrons. The van der Waals surface area contributed by atoms with Gasteiger partial charge in [0.05, 0.1) is 13.2 Å². The van der Waals surface area contributed by atoms with E-state index in [9.17, 15) is 20.4 Å². The highest BCUT2D eigenvalue weighted by Gasteiger charge is 2.58. The van der Waals surface area contributed by atoms with Gasteiger partial charge in [-0.1, -0.05) is 38.1 Å². The Bertz CT molecular complexity index is 1120. The van der Waals surface area contributed by atoms with Crippen LogP contribution >= 0.6 is 11.3 Å². The number of thiophene rings is 1. The van der Waals surface area contributed by atoms with Gasteiger partial charge in [-0.05, 0) is 57.5 Å². The molecular formula is C25H28O6S. The lowest BCUT2D eigenvalue weighted by atomic mass is 9.87. The number of rotatable bonds is 4. The molecule has 5 rings (SSSR count). The summed E-state index contributed by atoms with van der Waals surface area (Å²) in [5.41, 5.74) is 5.19. The van der Waals surface area contributed by atoms with Gasteiger partial charge in [0.15, 0.2) is 0 Å². The largest absolute Gasteiger partial charge is 0.394 e. The van der Waals surface area contributed by atoms with Crippen LogP contribution in [0.4, 0.5) is 0 Å². The van der Waals surface area contributed by atoms with Crippen molar-refractivity contribution in [2.24, 2.45) is 0 Å². The first-order valence-electron chi connectivity index (χ1n) is 10.9. The van der Waals surface area contributed by atoms with E-state index < -0.39 is 36.8 Å². The van der Waals surface area contributed by atoms with Crippen LogP contribution in [0.5, 0.6) is 0 Å². The van der Waals surface area contributed by atoms with Crippen LogP contribution in [-0.2, 0) is 28.3 Å². The highest BCUT2D eigenvalue weighted by Crippen LogP contribution is 2.47. The number of ether oxygens (including phenoxy) is 2. The summed E-state index contributed by atoms with van der Waals surface area (Å²) in [4.78, 5) is 0. The van der Waals surface area contributed by atoms with Crippen molar-refractivity contribution < 1.29 is 29.9 Å². The highest BCUT2D eigenvalue weighted by molar-refractivity contribution is 7.17. The lowest BCUT2D eigenvalue weighted by molar-refractivity contribution is -0.368. The van der Waals surface area contributed by atoms with Crippen LogP contribution in [-0.4, -0.2) is 51.4 Å². The normalized spacial score (nSPS) is 29.8. The van der Waals surface area contributed by atoms with Crippen LogP contribution in [0.2, 0.25) is 0 Å². The van der Waals surface area contributed by atoms with Crippen molar-refractivity contribution in [2.75, 3.05) is 6.61 Å². The molecule has 1 aromatic heterocycles. The third-order valence-electron chi connectivity index (χ3n) is 6.69. The molecule has 6 nitrogen and oxygen atoms in total. The Hall–Kier alpha value is -1.84. The summed E-state index contributed by atoms with van der Waals surface area (Å²) in [6, 6.07) is 12.7. The summed E-state index contributed by atoms with van der Waals surface area (Å²) in [7, 11) is 0. The summed E-state index contributed by atoms with van der Waals surface area (Å²) in [6.45, 7) is 4.08. The molecule has 2 aliphatic rings. The molecule has 0 bridgehead atoms. The van der Waals surface area contributed by atoms with Crippen molar-refractivity contribution in [2.45, 2.75) is 63.0 Å². The molecule has 3 heterocycles. The molecule has 1 fully saturated rings. The maximum Gasteiger partial charge on any atom is 0.225 e. The molecule has 0 radical (unpaired) electrons. The Morgan fingerprint density at radius 3 is 2.53 bits per heavy atom. The number of aliphatic hydroxyl groups excluding tert-OH is 4. The van der Waals surface area contributed by atoms with Crippen LogP contribution in [0, 0.1) is 0 Å². The minimum atomic E-state index is -1.62. The van der Waals surface area contributed by atoms with E-state index in [4.69, 9.17) is 9.47 Å². The second kappa shape index (κ2) is 8.18. The summed E-state index contributed by atoms with van der Waals surface area (Å²) < 4.78 is 12.9. The van der Waals surface area contributed by atoms with Crippen molar-refractivity contribution in [1.82, 2.24) is 0 Å². The maximum atomic E-state index is 10.8. The van der Waals surface area contributed by atoms with Crippen molar-refractivity contribution in [3.05, 3.63) is 69.6 Å². The van der Waals surface area contributed by atoms with Crippen molar-refractivity contribution in [3.63, 3.8) is 0 Å². The Balaban J connectivity index is 1.53. The van der Waals surface area contributed by atoms with Gasteiger partial charge < -0.3 is 29.9 Å². The minimum absolute atomic E-state index is 0.215. The fraction of sp³-hybridized carbons (Fsp3) is 0.440. The fourth-order valence-electron chi connectivity index (χ4n) is 4.74. The van der Waals surface area contributed by atoms with Crippen LogP contribution in [0.25, 0.3) is 10.1 Å². The zero-order valence-electron chi connectivity index (χ0n) is 18.1. The SMILES string of the molecule is CC(C)c1ccc(Cc2csc3cc4c(cc23)[C@]2(OC4)O[C@H](CO)[C@@H](O)[C@H](O)[C@H]2O)cc1. The molecular weight excluding hydrogens is 428 g/mol. The average Bonchev–Trinajstić information content (AvgIpc) is 3.35. The standard InChI is InChI=1S/C25H28O6S/c1-13(2)15-5-3-14(4-6-15)7-17-12-32-21-8-16-11-30-25(19(16)9-18(17)21)24(29)23(28)22(27)20(10-26)31-25/h3-6,8-9,12-13,20,22-24,26-29H,7,10-11H2,1-2H3/t20-,22-,23+,24-,25+/m1/s1. The van der Waals surface area contributed by atoms with Gasteiger partial charge in [0, 0.05) is 10.3 Å². The van der Waals surface area contributed by atoms with E-state index >= 15 is 0 Å². The average molecular weight is 457 g/mol. The summed E-state index contributed by atoms with van der Waals surface area (Å²) in [5.74, 6) is -1.13. The summed E-state index contributed by atoms with van der Waals surface area (Å²) in [6.07, 6.45) is -4.66. The lowest BCUT2D eigenvalue weighted by Crippen LogP contribution is -2.63. The predicted molar refractivity (Wildman–Crippen MR) is 122 cm³/mol. The van der Waals surface area contributed by atoms with Gasteiger partial charge in [-0.25, -0.2) is 0 Å². The smallest absolute Gasteiger partial charge is 0.225 e. The Morgan fingerprint density at radius 1 is 1.09 bits per heavy atom. The van der Waals surface area contributed by atoms with Crippen LogP contribution in [0.15, 0.2) is 41.8 Å². The molecule has 1 spiro atoms. The minimum Gasteiger partial charge on any atom is -0.394 e. The van der Waals surface area contributed by atoms with E-state index in [0.29, 0.717) is 11.5 Å². The van der Waals surface area contributed by atoms with E-state index in [1.807, 2.05) is 12.1 Å². The number of hydrogen-bond donors (Lipinski definition) is 4. The first kappa shape index (κ1) is 22.0. The van der Waals surface area contributed by atoms with Crippen molar-refractivity contribution in [1.29, 1.82) is 0 Å². The molecule has 0 amide bonds. The summed E-state index contributed by atoms with van der Waals surface area (Å²) >= 11 is 1.66. The van der Waals surface area contributed by atoms with Gasteiger partial charge in [0.2, 0.25) is 5.79 Å². The number of benzene rings is 2. The van der Waals surface area contributed by atoms with Crippen molar-refractivity contribution in [3.8, 4) is 0 Å². The number of aliphatic hydroxyl groups is 4. The molecule has 2 aromatic carbocycles. The molecule has 1 saturated heterocycles. The second-order valence-corrected chi connectivity index (χ2v) is 9.97. The predicted octanol–water partition coefficient (Wildman–Crippen LogP) is 2.77. The van der Waals surface area contributed by atoms with E-state index in [2.05, 4.69) is 43.5 Å². The zero-order valence-corrected chi connectivity index (χ0v) is 18.9. The molecule has 0 aliphatic carbocycles. The first-order valence-corrected chi connectivity index (χ1v) is 11.8. The molecule has 0 saturated carbocycles. The van der Waals surface area contributed by atoms with Gasteiger partial charge >= 0.3 is 0 Å². The van der Waals surface area contributed by atoms with E-state index in [0.717, 1.165) is 27.6 Å². The van der Waals surface area contributed by atoms with Gasteiger partial charge in [0.1, 0.15) is 24.4 Å². The third-order valence-corrected chi connectivity index (χ3v) is 7.68. The molecule has 7 heteroatoms. The lowest BCUT2D eigenvalue weighted by Gasteiger charge is -2.46. The van der Waals surface area contributed by atoms with Gasteiger partial charge in [-0.2, -0.15) is 0 Å². The van der Waals surface area contributed by atoms with Gasteiger partial charge in [0.25, 0.3) is 0 Å². The molecule has 4 N–H and O–H groups in total. The maximum absolute atomic E-state index is 10.8. The molecule has 0 unspecified atom stereocenters. The fourth-order valence-corrected chi connectivity index (χ4v) is 5.74. The van der Waals surface area contributed by atoms with Crippen LogP contribution in [0.1, 0.15) is 47.6 Å². The monoisotopic (exact) mass is 456 g/mol. The second-order valence-electron chi connectivity index (χ2n) is 9.06. The van der Waals surface area contributed by atoms with E-state index in [1.165, 1.54) is 11.1 Å². The van der Waals surface area contributed by atoms with Gasteiger partial charge in [-0.3, -0.25) is 0 Å². The van der Waals surface area contributed by atoms with E-state index in [1.54, 1.807) is 11.3 Å². The zero-order chi connectivity index (χ0) is 22.6. The number of fused-ring (bicyclic) bond motifs is 3. The van der Waals surface area contributed by atoms with Crippen LogP contribution in [0.3, 0.4) is 0 Å². The number of hydrogen-bond acceptors (Lipinski definition) is 7. The molecule has 2 aliphatic heterocycles. The van der Waals surface area contributed by atoms with Crippen molar-refractivity contribution >= 4 is 21.4 Å². The van der Waals surface area contributed by atoms with E-state index in [-0.39, 0.29) is 6.61 Å². The molecule has 3 aromatic rings. The molecule has 32 heavy (non-hydrogen) atoms. The third kappa shape index (κ3) is 3.40. The molecule has 5 atom stereocenters.